The van der Waals surface area contributed by atoms with Crippen molar-refractivity contribution in [3.8, 4) is 11.3 Å². The summed E-state index contributed by atoms with van der Waals surface area (Å²) in [4.78, 5) is 14.9. The molecule has 0 bridgehead atoms. The average Bonchev–Trinajstić information content (AvgIpc) is 2.61. The van der Waals surface area contributed by atoms with Crippen molar-refractivity contribution in [2.75, 3.05) is 0 Å². The van der Waals surface area contributed by atoms with Crippen molar-refractivity contribution in [3.05, 3.63) is 42.4 Å². The van der Waals surface area contributed by atoms with Gasteiger partial charge in [0.2, 0.25) is 0 Å². The maximum Gasteiger partial charge on any atom is 0.311 e. The van der Waals surface area contributed by atoms with E-state index in [0.29, 0.717) is 5.82 Å². The molecule has 0 unspecified atom stereocenters. The molecule has 4 nitrogen and oxygen atoms in total. The van der Waals surface area contributed by atoms with Crippen LogP contribution in [-0.2, 0) is 18.3 Å². The maximum atomic E-state index is 10.6. The predicted octanol–water partition coefficient (Wildman–Crippen LogP) is 1.71. The van der Waals surface area contributed by atoms with Crippen LogP contribution in [0.4, 0.5) is 0 Å². The molecule has 2 aromatic rings. The van der Waals surface area contributed by atoms with Gasteiger partial charge in [0.25, 0.3) is 0 Å². The highest BCUT2D eigenvalue weighted by atomic mass is 16.4. The molecule has 82 valence electrons. The topological polar surface area (TPSA) is 55.1 Å². The van der Waals surface area contributed by atoms with Gasteiger partial charge in [0.05, 0.1) is 5.69 Å². The fourth-order valence-electron chi connectivity index (χ4n) is 1.55. The standard InChI is InChI=1S/C12H12N2O2/c1-14-8-10(9-5-3-2-4-6-9)13-11(14)7-12(15)16/h2-6,8H,7H2,1H3,(H,15,16). The van der Waals surface area contributed by atoms with Gasteiger partial charge < -0.3 is 9.67 Å². The molecule has 0 aliphatic heterocycles. The molecule has 0 fully saturated rings. The zero-order valence-electron chi connectivity index (χ0n) is 8.92. The lowest BCUT2D eigenvalue weighted by Crippen LogP contribution is -2.05. The zero-order chi connectivity index (χ0) is 11.5. The number of hydrogen-bond acceptors (Lipinski definition) is 2. The lowest BCUT2D eigenvalue weighted by atomic mass is 10.2. The van der Waals surface area contributed by atoms with Gasteiger partial charge in [-0.25, -0.2) is 4.98 Å². The van der Waals surface area contributed by atoms with E-state index in [9.17, 15) is 4.79 Å². The van der Waals surface area contributed by atoms with Gasteiger partial charge >= 0.3 is 5.97 Å². The van der Waals surface area contributed by atoms with E-state index in [-0.39, 0.29) is 6.42 Å². The van der Waals surface area contributed by atoms with Crippen molar-refractivity contribution in [2.24, 2.45) is 7.05 Å². The van der Waals surface area contributed by atoms with Gasteiger partial charge in [-0.3, -0.25) is 4.79 Å². The second-order valence-corrected chi connectivity index (χ2v) is 3.59. The fourth-order valence-corrected chi connectivity index (χ4v) is 1.55. The molecule has 1 aromatic carbocycles. The van der Waals surface area contributed by atoms with Crippen LogP contribution in [0.25, 0.3) is 11.3 Å². The van der Waals surface area contributed by atoms with Crippen LogP contribution in [0.3, 0.4) is 0 Å². The number of benzene rings is 1. The first-order valence-electron chi connectivity index (χ1n) is 4.96. The van der Waals surface area contributed by atoms with Gasteiger partial charge in [-0.2, -0.15) is 0 Å². The summed E-state index contributed by atoms with van der Waals surface area (Å²) in [5.41, 5.74) is 1.80. The van der Waals surface area contributed by atoms with Gasteiger partial charge in [-0.1, -0.05) is 30.3 Å². The third kappa shape index (κ3) is 2.11. The van der Waals surface area contributed by atoms with Crippen molar-refractivity contribution >= 4 is 5.97 Å². The zero-order valence-corrected chi connectivity index (χ0v) is 8.92. The summed E-state index contributed by atoms with van der Waals surface area (Å²) in [6, 6.07) is 9.70. The molecule has 0 spiro atoms. The van der Waals surface area contributed by atoms with Crippen LogP contribution in [-0.4, -0.2) is 20.6 Å². The molecule has 1 aromatic heterocycles. The minimum Gasteiger partial charge on any atom is -0.481 e. The molecule has 4 heteroatoms. The minimum absolute atomic E-state index is 0.0522. The molecule has 0 saturated heterocycles. The van der Waals surface area contributed by atoms with E-state index in [2.05, 4.69) is 4.98 Å². The van der Waals surface area contributed by atoms with Crippen molar-refractivity contribution in [3.63, 3.8) is 0 Å². The molecule has 0 aliphatic carbocycles. The van der Waals surface area contributed by atoms with E-state index in [1.165, 1.54) is 0 Å². The predicted molar refractivity (Wildman–Crippen MR) is 60.0 cm³/mol. The summed E-state index contributed by atoms with van der Waals surface area (Å²) < 4.78 is 1.75. The largest absolute Gasteiger partial charge is 0.481 e. The van der Waals surface area contributed by atoms with E-state index >= 15 is 0 Å². The van der Waals surface area contributed by atoms with Gasteiger partial charge in [-0.15, -0.1) is 0 Å². The van der Waals surface area contributed by atoms with Gasteiger partial charge in [0.1, 0.15) is 12.2 Å². The normalized spacial score (nSPS) is 10.3. The first kappa shape index (κ1) is 10.4. The summed E-state index contributed by atoms with van der Waals surface area (Å²) in [5.74, 6) is -0.306. The number of rotatable bonds is 3. The lowest BCUT2D eigenvalue weighted by Gasteiger charge is -1.94. The Labute approximate surface area is 93.2 Å². The molecular formula is C12H12N2O2. The smallest absolute Gasteiger partial charge is 0.311 e. The Bertz CT molecular complexity index is 503. The highest BCUT2D eigenvalue weighted by Gasteiger charge is 2.09. The molecule has 1 N–H and O–H groups in total. The van der Waals surface area contributed by atoms with Crippen molar-refractivity contribution in [1.29, 1.82) is 0 Å². The average molecular weight is 216 g/mol. The molecule has 0 radical (unpaired) electrons. The van der Waals surface area contributed by atoms with E-state index in [4.69, 9.17) is 5.11 Å². The van der Waals surface area contributed by atoms with Gasteiger partial charge in [0, 0.05) is 18.8 Å². The molecule has 0 aliphatic rings. The number of carboxylic acid groups (broad SMARTS) is 1. The number of imidazole rings is 1. The third-order valence-corrected chi connectivity index (χ3v) is 2.35. The van der Waals surface area contributed by atoms with Crippen molar-refractivity contribution in [1.82, 2.24) is 9.55 Å². The minimum atomic E-state index is -0.867. The number of hydrogen-bond donors (Lipinski definition) is 1. The summed E-state index contributed by atoms with van der Waals surface area (Å²) in [6.45, 7) is 0. The first-order valence-corrected chi connectivity index (χ1v) is 4.96. The summed E-state index contributed by atoms with van der Waals surface area (Å²) in [5, 5.41) is 8.72. The summed E-state index contributed by atoms with van der Waals surface area (Å²) in [7, 11) is 1.80. The molecule has 16 heavy (non-hydrogen) atoms. The summed E-state index contributed by atoms with van der Waals surface area (Å²) in [6.07, 6.45) is 1.79. The van der Waals surface area contributed by atoms with E-state index in [1.807, 2.05) is 36.5 Å². The number of aliphatic carboxylic acids is 1. The van der Waals surface area contributed by atoms with Crippen LogP contribution in [0.1, 0.15) is 5.82 Å². The summed E-state index contributed by atoms with van der Waals surface area (Å²) >= 11 is 0. The maximum absolute atomic E-state index is 10.6. The highest BCUT2D eigenvalue weighted by molar-refractivity contribution is 5.69. The molecular weight excluding hydrogens is 204 g/mol. The molecule has 0 amide bonds. The number of carboxylic acids is 1. The Morgan fingerprint density at radius 1 is 1.38 bits per heavy atom. The lowest BCUT2D eigenvalue weighted by molar-refractivity contribution is -0.136. The monoisotopic (exact) mass is 216 g/mol. The van der Waals surface area contributed by atoms with Crippen LogP contribution in [0.2, 0.25) is 0 Å². The number of aromatic nitrogens is 2. The van der Waals surface area contributed by atoms with Crippen LogP contribution < -0.4 is 0 Å². The quantitative estimate of drug-likeness (QED) is 0.849. The Hall–Kier alpha value is -2.10. The Kier molecular flexibility index (Phi) is 2.72. The van der Waals surface area contributed by atoms with E-state index in [1.54, 1.807) is 11.6 Å². The first-order chi connectivity index (χ1) is 7.66. The van der Waals surface area contributed by atoms with E-state index in [0.717, 1.165) is 11.3 Å². The Morgan fingerprint density at radius 3 is 2.69 bits per heavy atom. The fraction of sp³-hybridized carbons (Fsp3) is 0.167. The Balaban J connectivity index is 2.34. The molecule has 0 atom stereocenters. The van der Waals surface area contributed by atoms with Crippen molar-refractivity contribution < 1.29 is 9.90 Å². The third-order valence-electron chi connectivity index (χ3n) is 2.35. The van der Waals surface area contributed by atoms with Gasteiger partial charge in [-0.05, 0) is 0 Å². The van der Waals surface area contributed by atoms with Crippen LogP contribution in [0.15, 0.2) is 36.5 Å². The van der Waals surface area contributed by atoms with Gasteiger partial charge in [0.15, 0.2) is 0 Å². The number of carbonyl (C=O) groups is 1. The van der Waals surface area contributed by atoms with Crippen LogP contribution in [0, 0.1) is 0 Å². The number of aryl methyl sites for hydroxylation is 1. The van der Waals surface area contributed by atoms with E-state index < -0.39 is 5.97 Å². The second-order valence-electron chi connectivity index (χ2n) is 3.59. The van der Waals surface area contributed by atoms with Crippen molar-refractivity contribution in [2.45, 2.75) is 6.42 Å². The Morgan fingerprint density at radius 2 is 2.06 bits per heavy atom. The highest BCUT2D eigenvalue weighted by Crippen LogP contribution is 2.17. The number of nitrogens with zero attached hydrogens (tertiary/aromatic N) is 2. The van der Waals surface area contributed by atoms with Crippen LogP contribution in [0.5, 0.6) is 0 Å². The SMILES string of the molecule is Cn1cc(-c2ccccc2)nc1CC(=O)O. The molecule has 1 heterocycles. The molecule has 0 saturated carbocycles. The second kappa shape index (κ2) is 4.18. The van der Waals surface area contributed by atoms with Crippen LogP contribution >= 0.6 is 0 Å². The molecule has 2 rings (SSSR count).